The van der Waals surface area contributed by atoms with Crippen LogP contribution in [0.3, 0.4) is 0 Å². The van der Waals surface area contributed by atoms with Crippen molar-refractivity contribution in [3.63, 3.8) is 0 Å². The summed E-state index contributed by atoms with van der Waals surface area (Å²) >= 11 is 3.97. The van der Waals surface area contributed by atoms with Gasteiger partial charge in [0.05, 0.1) is 4.58 Å². The van der Waals surface area contributed by atoms with Crippen LogP contribution in [-0.2, 0) is 9.59 Å². The molecule has 0 aliphatic carbocycles. The van der Waals surface area contributed by atoms with Crippen LogP contribution in [0.2, 0.25) is 0 Å². The van der Waals surface area contributed by atoms with E-state index in [1.807, 2.05) is 59.9 Å². The maximum Gasteiger partial charge on any atom is 0.262 e. The van der Waals surface area contributed by atoms with E-state index < -0.39 is 0 Å². The van der Waals surface area contributed by atoms with Gasteiger partial charge in [-0.3, -0.25) is 9.59 Å². The Morgan fingerprint density at radius 2 is 1.76 bits per heavy atom. The van der Waals surface area contributed by atoms with Gasteiger partial charge in [-0.05, 0) is 66.3 Å². The fourth-order valence-electron chi connectivity index (χ4n) is 3.39. The van der Waals surface area contributed by atoms with Gasteiger partial charge in [0, 0.05) is 24.3 Å². The van der Waals surface area contributed by atoms with Gasteiger partial charge in [-0.15, -0.1) is 23.5 Å². The average Bonchev–Trinajstić information content (AvgIpc) is 3.20. The number of ether oxygens (including phenoxy) is 1. The van der Waals surface area contributed by atoms with Gasteiger partial charge < -0.3 is 15.0 Å². The van der Waals surface area contributed by atoms with E-state index in [-0.39, 0.29) is 18.4 Å². The second-order valence-corrected chi connectivity index (χ2v) is 9.75. The van der Waals surface area contributed by atoms with Crippen molar-refractivity contribution < 1.29 is 14.3 Å². The van der Waals surface area contributed by atoms with Crippen LogP contribution >= 0.6 is 23.5 Å². The number of amides is 2. The molecule has 0 aromatic heterocycles. The van der Waals surface area contributed by atoms with Crippen LogP contribution in [0.25, 0.3) is 0 Å². The highest BCUT2D eigenvalue weighted by Gasteiger charge is 2.21. The molecule has 0 radical (unpaired) electrons. The van der Waals surface area contributed by atoms with Crippen LogP contribution in [0, 0.1) is 0 Å². The Kier molecular flexibility index (Phi) is 6.67. The first-order chi connectivity index (χ1) is 14.2. The second kappa shape index (κ2) is 9.59. The van der Waals surface area contributed by atoms with Gasteiger partial charge in [-0.25, -0.2) is 0 Å². The number of carbonyl (C=O) groups is 2. The van der Waals surface area contributed by atoms with E-state index in [9.17, 15) is 9.59 Å². The summed E-state index contributed by atoms with van der Waals surface area (Å²) in [5.74, 6) is 3.06. The lowest BCUT2D eigenvalue weighted by atomic mass is 10.2. The van der Waals surface area contributed by atoms with Crippen LogP contribution in [0.4, 0.5) is 11.4 Å². The summed E-state index contributed by atoms with van der Waals surface area (Å²) in [4.78, 5) is 25.8. The number of anilines is 2. The van der Waals surface area contributed by atoms with E-state index >= 15 is 0 Å². The standard InChI is InChI=1S/C22H24N2O3S2/c25-20(23-17-6-8-18(9-7-17)24-12-1-3-21(24)26)15-27-19-10-4-16(5-11-19)22-28-13-2-14-29-22/h4-11,22H,1-3,12-15H2,(H,23,25). The van der Waals surface area contributed by atoms with Gasteiger partial charge in [0.2, 0.25) is 5.91 Å². The molecule has 2 amide bonds. The van der Waals surface area contributed by atoms with Crippen LogP contribution in [0.5, 0.6) is 5.75 Å². The fraction of sp³-hybridized carbons (Fsp3) is 0.364. The van der Waals surface area contributed by atoms with Crippen molar-refractivity contribution in [1.29, 1.82) is 0 Å². The fourth-order valence-corrected chi connectivity index (χ4v) is 6.29. The first kappa shape index (κ1) is 20.2. The number of thioether (sulfide) groups is 2. The van der Waals surface area contributed by atoms with E-state index in [1.54, 1.807) is 4.90 Å². The predicted octanol–water partition coefficient (Wildman–Crippen LogP) is 4.70. The Morgan fingerprint density at radius 3 is 2.41 bits per heavy atom. The lowest BCUT2D eigenvalue weighted by molar-refractivity contribution is -0.118. The molecule has 2 aromatic carbocycles. The highest BCUT2D eigenvalue weighted by molar-refractivity contribution is 8.16. The first-order valence-corrected chi connectivity index (χ1v) is 11.9. The Bertz CT molecular complexity index is 849. The highest BCUT2D eigenvalue weighted by Crippen LogP contribution is 2.43. The molecule has 0 saturated carbocycles. The van der Waals surface area contributed by atoms with E-state index in [0.717, 1.165) is 18.7 Å². The minimum absolute atomic E-state index is 0.0430. The van der Waals surface area contributed by atoms with Gasteiger partial charge in [0.25, 0.3) is 5.91 Å². The molecule has 2 aromatic rings. The van der Waals surface area contributed by atoms with Gasteiger partial charge in [-0.2, -0.15) is 0 Å². The lowest BCUT2D eigenvalue weighted by Crippen LogP contribution is -2.23. The van der Waals surface area contributed by atoms with E-state index in [4.69, 9.17) is 4.74 Å². The minimum Gasteiger partial charge on any atom is -0.484 e. The Hall–Kier alpha value is -2.12. The third kappa shape index (κ3) is 5.28. The minimum atomic E-state index is -0.211. The summed E-state index contributed by atoms with van der Waals surface area (Å²) in [5.41, 5.74) is 2.86. The van der Waals surface area contributed by atoms with E-state index in [0.29, 0.717) is 22.4 Å². The third-order valence-electron chi connectivity index (χ3n) is 4.89. The van der Waals surface area contributed by atoms with Crippen molar-refractivity contribution >= 4 is 46.7 Å². The number of nitrogens with one attached hydrogen (secondary N) is 1. The van der Waals surface area contributed by atoms with Crippen LogP contribution in [0.1, 0.15) is 29.4 Å². The summed E-state index contributed by atoms with van der Waals surface area (Å²) in [7, 11) is 0. The second-order valence-electron chi connectivity index (χ2n) is 7.03. The van der Waals surface area contributed by atoms with Crippen molar-refractivity contribution in [2.24, 2.45) is 0 Å². The molecular weight excluding hydrogens is 404 g/mol. The Labute approximate surface area is 179 Å². The zero-order valence-corrected chi connectivity index (χ0v) is 17.8. The average molecular weight is 429 g/mol. The normalized spacial score (nSPS) is 17.4. The molecule has 0 spiro atoms. The van der Waals surface area contributed by atoms with Gasteiger partial charge in [0.1, 0.15) is 5.75 Å². The summed E-state index contributed by atoms with van der Waals surface area (Å²) < 4.78 is 6.12. The molecule has 2 aliphatic rings. The van der Waals surface area contributed by atoms with E-state index in [1.165, 1.54) is 23.5 Å². The number of hydrogen-bond acceptors (Lipinski definition) is 5. The zero-order valence-electron chi connectivity index (χ0n) is 16.1. The monoisotopic (exact) mass is 428 g/mol. The van der Waals surface area contributed by atoms with Crippen molar-refractivity contribution in [3.05, 3.63) is 54.1 Å². The first-order valence-electron chi connectivity index (χ1n) is 9.85. The number of carbonyl (C=O) groups excluding carboxylic acids is 2. The zero-order chi connectivity index (χ0) is 20.1. The largest absolute Gasteiger partial charge is 0.484 e. The van der Waals surface area contributed by atoms with Crippen molar-refractivity contribution in [2.45, 2.75) is 23.8 Å². The quantitative estimate of drug-likeness (QED) is 0.723. The third-order valence-corrected chi connectivity index (χ3v) is 7.90. The number of rotatable bonds is 6. The molecule has 2 aliphatic heterocycles. The van der Waals surface area contributed by atoms with Crippen LogP contribution < -0.4 is 15.0 Å². The Balaban J connectivity index is 1.26. The lowest BCUT2D eigenvalue weighted by Gasteiger charge is -2.21. The molecule has 152 valence electrons. The summed E-state index contributed by atoms with van der Waals surface area (Å²) in [6.07, 6.45) is 2.78. The maximum atomic E-state index is 12.2. The molecule has 5 nitrogen and oxygen atoms in total. The van der Waals surface area contributed by atoms with Gasteiger partial charge >= 0.3 is 0 Å². The molecule has 1 N–H and O–H groups in total. The summed E-state index contributed by atoms with van der Waals surface area (Å²) in [6, 6.07) is 15.4. The van der Waals surface area contributed by atoms with Crippen molar-refractivity contribution in [3.8, 4) is 5.75 Å². The number of nitrogens with zero attached hydrogens (tertiary/aromatic N) is 1. The van der Waals surface area contributed by atoms with E-state index in [2.05, 4.69) is 17.4 Å². The number of benzene rings is 2. The van der Waals surface area contributed by atoms with Crippen molar-refractivity contribution in [2.75, 3.05) is 34.9 Å². The molecule has 0 unspecified atom stereocenters. The highest BCUT2D eigenvalue weighted by atomic mass is 32.2. The molecule has 0 bridgehead atoms. The number of hydrogen-bond donors (Lipinski definition) is 1. The molecular formula is C22H24N2O3S2. The van der Waals surface area contributed by atoms with Gasteiger partial charge in [-0.1, -0.05) is 12.1 Å². The molecule has 0 atom stereocenters. The summed E-state index contributed by atoms with van der Waals surface area (Å²) in [5, 5.41) is 2.83. The SMILES string of the molecule is O=C(COc1ccc(C2SCCCS2)cc1)Nc1ccc(N2CCCC2=O)cc1. The molecule has 7 heteroatoms. The van der Waals surface area contributed by atoms with Crippen LogP contribution in [0.15, 0.2) is 48.5 Å². The molecule has 4 rings (SSSR count). The molecule has 2 heterocycles. The molecule has 2 saturated heterocycles. The topological polar surface area (TPSA) is 58.6 Å². The maximum absolute atomic E-state index is 12.2. The smallest absolute Gasteiger partial charge is 0.262 e. The molecule has 29 heavy (non-hydrogen) atoms. The van der Waals surface area contributed by atoms with Gasteiger partial charge in [0.15, 0.2) is 6.61 Å². The molecule has 2 fully saturated rings. The van der Waals surface area contributed by atoms with Crippen molar-refractivity contribution in [1.82, 2.24) is 0 Å². The Morgan fingerprint density at radius 1 is 1.03 bits per heavy atom. The summed E-state index contributed by atoms with van der Waals surface area (Å²) in [6.45, 7) is 0.716. The van der Waals surface area contributed by atoms with Crippen LogP contribution in [-0.4, -0.2) is 36.5 Å². The predicted molar refractivity (Wildman–Crippen MR) is 121 cm³/mol.